The summed E-state index contributed by atoms with van der Waals surface area (Å²) < 4.78 is 14.9. The minimum Gasteiger partial charge on any atom is -0.356 e. The highest BCUT2D eigenvalue weighted by atomic mass is 127. The lowest BCUT2D eigenvalue weighted by molar-refractivity contribution is 0.626. The first-order valence-electron chi connectivity index (χ1n) is 7.98. The van der Waals surface area contributed by atoms with Crippen LogP contribution in [0.4, 0.5) is 4.39 Å². The van der Waals surface area contributed by atoms with Gasteiger partial charge in [-0.1, -0.05) is 0 Å². The van der Waals surface area contributed by atoms with E-state index in [0.29, 0.717) is 6.54 Å². The van der Waals surface area contributed by atoms with Crippen molar-refractivity contribution in [2.75, 3.05) is 19.3 Å². The molecule has 0 amide bonds. The fourth-order valence-electron chi connectivity index (χ4n) is 2.26. The van der Waals surface area contributed by atoms with Gasteiger partial charge in [-0.15, -0.1) is 47.1 Å². The number of fused-ring (bicyclic) bond motifs is 1. The smallest absolute Gasteiger partial charge is 0.193 e. The summed E-state index contributed by atoms with van der Waals surface area (Å²) in [5, 5.41) is 8.58. The molecule has 0 fully saturated rings. The number of aliphatic imine (C=N–C) groups is 1. The van der Waals surface area contributed by atoms with Gasteiger partial charge in [-0.25, -0.2) is 9.37 Å². The first-order chi connectivity index (χ1) is 12.2. The number of hydrogen-bond donors (Lipinski definition) is 2. The lowest BCUT2D eigenvalue weighted by atomic mass is 10.4. The van der Waals surface area contributed by atoms with Crippen LogP contribution in [0.15, 0.2) is 51.9 Å². The molecule has 0 aliphatic rings. The number of hydrogen-bond acceptors (Lipinski definition) is 4. The number of benzene rings is 1. The van der Waals surface area contributed by atoms with Crippen LogP contribution in [0.1, 0.15) is 12.1 Å². The molecule has 0 unspecified atom stereocenters. The van der Waals surface area contributed by atoms with Gasteiger partial charge >= 0.3 is 0 Å². The van der Waals surface area contributed by atoms with E-state index in [1.165, 1.54) is 12.1 Å². The van der Waals surface area contributed by atoms with Crippen LogP contribution < -0.4 is 10.6 Å². The zero-order chi connectivity index (χ0) is 17.5. The van der Waals surface area contributed by atoms with E-state index in [0.717, 1.165) is 40.2 Å². The quantitative estimate of drug-likeness (QED) is 0.168. The Morgan fingerprint density at radius 1 is 1.31 bits per heavy atom. The van der Waals surface area contributed by atoms with Crippen LogP contribution in [0.5, 0.6) is 0 Å². The summed E-state index contributed by atoms with van der Waals surface area (Å²) in [5.74, 6) is 1.54. The number of nitrogens with one attached hydrogen (secondary N) is 2. The first kappa shape index (κ1) is 21.0. The zero-order valence-corrected chi connectivity index (χ0v) is 18.3. The van der Waals surface area contributed by atoms with Crippen LogP contribution >= 0.6 is 47.1 Å². The van der Waals surface area contributed by atoms with Gasteiger partial charge in [-0.3, -0.25) is 9.39 Å². The number of guanidine groups is 1. The van der Waals surface area contributed by atoms with Crippen molar-refractivity contribution in [1.29, 1.82) is 0 Å². The lowest BCUT2D eigenvalue weighted by Crippen LogP contribution is -2.37. The summed E-state index contributed by atoms with van der Waals surface area (Å²) in [6.45, 7) is 1.46. The monoisotopic (exact) mass is 505 g/mol. The van der Waals surface area contributed by atoms with E-state index in [4.69, 9.17) is 0 Å². The van der Waals surface area contributed by atoms with Crippen molar-refractivity contribution < 1.29 is 4.39 Å². The molecule has 0 aliphatic heterocycles. The van der Waals surface area contributed by atoms with Crippen molar-refractivity contribution in [2.24, 2.45) is 4.99 Å². The maximum absolute atomic E-state index is 12.8. The molecular formula is C17H21FIN5S2. The fourth-order valence-corrected chi connectivity index (χ4v) is 3.83. The molecule has 2 aromatic heterocycles. The molecule has 0 spiro atoms. The molecule has 26 heavy (non-hydrogen) atoms. The van der Waals surface area contributed by atoms with Gasteiger partial charge in [0.2, 0.25) is 0 Å². The van der Waals surface area contributed by atoms with Crippen molar-refractivity contribution >= 4 is 58.0 Å². The Bertz CT molecular complexity index is 803. The molecule has 5 nitrogen and oxygen atoms in total. The van der Waals surface area contributed by atoms with Crippen molar-refractivity contribution in [3.05, 3.63) is 53.6 Å². The Labute approximate surface area is 177 Å². The van der Waals surface area contributed by atoms with Gasteiger partial charge in [0.15, 0.2) is 10.9 Å². The van der Waals surface area contributed by atoms with E-state index in [-0.39, 0.29) is 29.8 Å². The summed E-state index contributed by atoms with van der Waals surface area (Å²) in [7, 11) is 1.76. The second kappa shape index (κ2) is 10.7. The molecule has 0 aliphatic carbocycles. The van der Waals surface area contributed by atoms with Gasteiger partial charge in [-0.05, 0) is 36.4 Å². The maximum Gasteiger partial charge on any atom is 0.193 e. The number of halogens is 2. The minimum atomic E-state index is -0.196. The number of aromatic nitrogens is 2. The van der Waals surface area contributed by atoms with Crippen molar-refractivity contribution in [1.82, 2.24) is 20.0 Å². The molecule has 2 heterocycles. The van der Waals surface area contributed by atoms with Crippen LogP contribution in [0.25, 0.3) is 4.96 Å². The Kier molecular flexibility index (Phi) is 8.66. The predicted octanol–water partition coefficient (Wildman–Crippen LogP) is 4.00. The van der Waals surface area contributed by atoms with Crippen LogP contribution in [-0.4, -0.2) is 34.7 Å². The second-order valence-corrected chi connectivity index (χ2v) is 7.37. The highest BCUT2D eigenvalue weighted by Gasteiger charge is 2.04. The van der Waals surface area contributed by atoms with E-state index in [2.05, 4.69) is 20.6 Å². The number of imidazole rings is 1. The summed E-state index contributed by atoms with van der Waals surface area (Å²) in [6.07, 6.45) is 5.01. The average molecular weight is 505 g/mol. The average Bonchev–Trinajstić information content (AvgIpc) is 3.20. The SMILES string of the molecule is CN=C(NCCCSc1ccc(F)cc1)NCc1cn2ccsc2n1.I. The molecule has 9 heteroatoms. The standard InChI is InChI=1S/C17H20FN5S2.HI/c1-19-16(21-11-14-12-23-8-10-25-17(23)22-14)20-7-2-9-24-15-5-3-13(18)4-6-15;/h3-6,8,10,12H,2,7,9,11H2,1H3,(H2,19,20,21);1H. The van der Waals surface area contributed by atoms with Gasteiger partial charge < -0.3 is 10.6 Å². The van der Waals surface area contributed by atoms with Crippen molar-refractivity contribution in [3.63, 3.8) is 0 Å². The molecule has 140 valence electrons. The third kappa shape index (κ3) is 6.13. The highest BCUT2D eigenvalue weighted by molar-refractivity contribution is 14.0. The number of rotatable bonds is 7. The number of nitrogens with zero attached hydrogens (tertiary/aromatic N) is 3. The molecule has 1 aromatic carbocycles. The number of thiazole rings is 1. The molecule has 3 aromatic rings. The van der Waals surface area contributed by atoms with Crippen LogP contribution in [0, 0.1) is 5.82 Å². The number of thioether (sulfide) groups is 1. The Hall–Kier alpha value is -1.33. The molecule has 0 bridgehead atoms. The molecular weight excluding hydrogens is 484 g/mol. The Morgan fingerprint density at radius 3 is 2.85 bits per heavy atom. The minimum absolute atomic E-state index is 0. The van der Waals surface area contributed by atoms with E-state index in [9.17, 15) is 4.39 Å². The topological polar surface area (TPSA) is 53.7 Å². The molecule has 0 saturated carbocycles. The molecule has 0 atom stereocenters. The molecule has 3 rings (SSSR count). The van der Waals surface area contributed by atoms with Gasteiger partial charge in [-0.2, -0.15) is 0 Å². The van der Waals surface area contributed by atoms with Gasteiger partial charge in [0.25, 0.3) is 0 Å². The van der Waals surface area contributed by atoms with Gasteiger partial charge in [0.05, 0.1) is 12.2 Å². The fraction of sp³-hybridized carbons (Fsp3) is 0.294. The van der Waals surface area contributed by atoms with Gasteiger partial charge in [0, 0.05) is 36.3 Å². The molecule has 0 saturated heterocycles. The lowest BCUT2D eigenvalue weighted by Gasteiger charge is -2.10. The second-order valence-electron chi connectivity index (χ2n) is 5.33. The third-order valence-corrected chi connectivity index (χ3v) is 5.37. The molecule has 2 N–H and O–H groups in total. The zero-order valence-electron chi connectivity index (χ0n) is 14.3. The van der Waals surface area contributed by atoms with E-state index >= 15 is 0 Å². The highest BCUT2D eigenvalue weighted by Crippen LogP contribution is 2.18. The van der Waals surface area contributed by atoms with E-state index in [1.807, 2.05) is 34.3 Å². The normalized spacial score (nSPS) is 11.4. The Morgan fingerprint density at radius 2 is 2.12 bits per heavy atom. The molecule has 0 radical (unpaired) electrons. The van der Waals surface area contributed by atoms with Gasteiger partial charge in [0.1, 0.15) is 5.82 Å². The van der Waals surface area contributed by atoms with E-state index < -0.39 is 0 Å². The van der Waals surface area contributed by atoms with Crippen LogP contribution in [0.3, 0.4) is 0 Å². The first-order valence-corrected chi connectivity index (χ1v) is 9.85. The Balaban J connectivity index is 0.00000243. The summed E-state index contributed by atoms with van der Waals surface area (Å²) in [4.78, 5) is 10.8. The predicted molar refractivity (Wildman–Crippen MR) is 118 cm³/mol. The van der Waals surface area contributed by atoms with Crippen molar-refractivity contribution in [3.8, 4) is 0 Å². The van der Waals surface area contributed by atoms with Crippen LogP contribution in [-0.2, 0) is 6.54 Å². The largest absolute Gasteiger partial charge is 0.356 e. The summed E-state index contributed by atoms with van der Waals surface area (Å²) in [6, 6.07) is 6.60. The van der Waals surface area contributed by atoms with E-state index in [1.54, 1.807) is 30.1 Å². The summed E-state index contributed by atoms with van der Waals surface area (Å²) >= 11 is 3.34. The summed E-state index contributed by atoms with van der Waals surface area (Å²) in [5.41, 5.74) is 0.988. The maximum atomic E-state index is 12.8. The van der Waals surface area contributed by atoms with Crippen molar-refractivity contribution in [2.45, 2.75) is 17.9 Å². The third-order valence-electron chi connectivity index (χ3n) is 3.50. The van der Waals surface area contributed by atoms with Crippen LogP contribution in [0.2, 0.25) is 0 Å².